The molecule has 8 nitrogen and oxygen atoms in total. The van der Waals surface area contributed by atoms with Crippen LogP contribution in [0, 0.1) is 0 Å². The third-order valence-electron chi connectivity index (χ3n) is 5.63. The molecule has 0 atom stereocenters. The van der Waals surface area contributed by atoms with Crippen LogP contribution in [-0.2, 0) is 18.3 Å². The highest BCUT2D eigenvalue weighted by Gasteiger charge is 2.25. The van der Waals surface area contributed by atoms with Gasteiger partial charge in [-0.25, -0.2) is 0 Å². The third kappa shape index (κ3) is 4.91. The van der Waals surface area contributed by atoms with Gasteiger partial charge in [-0.2, -0.15) is 5.10 Å². The molecule has 2 heterocycles. The van der Waals surface area contributed by atoms with E-state index in [1.165, 1.54) is 0 Å². The van der Waals surface area contributed by atoms with E-state index >= 15 is 0 Å². The fourth-order valence-corrected chi connectivity index (χ4v) is 3.86. The average Bonchev–Trinajstić information content (AvgIpc) is 3.22. The molecule has 1 saturated heterocycles. The predicted octanol–water partition coefficient (Wildman–Crippen LogP) is 2.50. The van der Waals surface area contributed by atoms with Gasteiger partial charge in [-0.3, -0.25) is 14.3 Å². The summed E-state index contributed by atoms with van der Waals surface area (Å²) < 4.78 is 7.81. The number of hydrogen-bond donors (Lipinski definition) is 2. The van der Waals surface area contributed by atoms with Crippen molar-refractivity contribution in [2.75, 3.05) is 13.1 Å². The Morgan fingerprint density at radius 1 is 1.12 bits per heavy atom. The Morgan fingerprint density at radius 3 is 2.47 bits per heavy atom. The maximum absolute atomic E-state index is 12.6. The number of likely N-dealkylation sites (tertiary alicyclic amines) is 1. The van der Waals surface area contributed by atoms with Gasteiger partial charge in [0, 0.05) is 44.7 Å². The van der Waals surface area contributed by atoms with Gasteiger partial charge in [0.25, 0.3) is 5.91 Å². The SMILES string of the molecule is Cn1ccc(-c2ccc(OC3CCN(C(=O)Cc4ccc(O)cc4)CC3)c(C(N)=O)c2)n1. The average molecular weight is 434 g/mol. The summed E-state index contributed by atoms with van der Waals surface area (Å²) in [6.45, 7) is 1.17. The van der Waals surface area contributed by atoms with Gasteiger partial charge in [-0.05, 0) is 42.0 Å². The Bertz CT molecular complexity index is 1120. The van der Waals surface area contributed by atoms with Gasteiger partial charge in [0.1, 0.15) is 17.6 Å². The van der Waals surface area contributed by atoms with E-state index in [9.17, 15) is 14.7 Å². The number of benzene rings is 2. The van der Waals surface area contributed by atoms with Gasteiger partial charge < -0.3 is 20.5 Å². The summed E-state index contributed by atoms with van der Waals surface area (Å²) in [6, 6.07) is 13.9. The first-order valence-electron chi connectivity index (χ1n) is 10.6. The van der Waals surface area contributed by atoms with E-state index < -0.39 is 5.91 Å². The van der Waals surface area contributed by atoms with Crippen molar-refractivity contribution in [3.63, 3.8) is 0 Å². The molecule has 0 bridgehead atoms. The predicted molar refractivity (Wildman–Crippen MR) is 119 cm³/mol. The Hall–Kier alpha value is -3.81. The number of carbonyl (C=O) groups is 2. The number of phenolic OH excluding ortho intramolecular Hbond substituents is 1. The fraction of sp³-hybridized carbons (Fsp3) is 0.292. The van der Waals surface area contributed by atoms with E-state index in [0.29, 0.717) is 43.7 Å². The number of piperidine rings is 1. The molecule has 0 aliphatic carbocycles. The quantitative estimate of drug-likeness (QED) is 0.619. The lowest BCUT2D eigenvalue weighted by Crippen LogP contribution is -2.42. The lowest BCUT2D eigenvalue weighted by atomic mass is 10.0. The summed E-state index contributed by atoms with van der Waals surface area (Å²) in [5.41, 5.74) is 8.33. The minimum absolute atomic E-state index is 0.0479. The first kappa shape index (κ1) is 21.4. The molecule has 3 aromatic rings. The number of amides is 2. The summed E-state index contributed by atoms with van der Waals surface area (Å²) in [6.07, 6.45) is 3.36. The number of ether oxygens (including phenoxy) is 1. The highest BCUT2D eigenvalue weighted by molar-refractivity contribution is 5.97. The summed E-state index contributed by atoms with van der Waals surface area (Å²) in [7, 11) is 1.83. The molecule has 2 aromatic carbocycles. The number of hydrogen-bond acceptors (Lipinski definition) is 5. The van der Waals surface area contributed by atoms with Crippen LogP contribution in [0.2, 0.25) is 0 Å². The number of aryl methyl sites for hydroxylation is 1. The van der Waals surface area contributed by atoms with Crippen molar-refractivity contribution in [1.29, 1.82) is 0 Å². The van der Waals surface area contributed by atoms with Crippen molar-refractivity contribution in [2.24, 2.45) is 12.8 Å². The standard InChI is InChI=1S/C24H26N4O4/c1-27-11-10-21(26-27)17-4-7-22(20(15-17)24(25)31)32-19-8-12-28(13-9-19)23(30)14-16-2-5-18(29)6-3-16/h2-7,10-11,15,19,29H,8-9,12-14H2,1H3,(H2,25,31). The van der Waals surface area contributed by atoms with Crippen molar-refractivity contribution in [3.05, 3.63) is 65.9 Å². The van der Waals surface area contributed by atoms with Crippen LogP contribution in [-0.4, -0.2) is 50.8 Å². The van der Waals surface area contributed by atoms with E-state index in [1.54, 1.807) is 41.1 Å². The van der Waals surface area contributed by atoms with E-state index in [1.807, 2.05) is 30.3 Å². The second-order valence-corrected chi connectivity index (χ2v) is 7.99. The van der Waals surface area contributed by atoms with Crippen LogP contribution in [0.3, 0.4) is 0 Å². The van der Waals surface area contributed by atoms with Crippen LogP contribution in [0.15, 0.2) is 54.7 Å². The van der Waals surface area contributed by atoms with E-state index in [0.717, 1.165) is 16.8 Å². The molecule has 1 aliphatic rings. The Labute approximate surface area is 186 Å². The first-order chi connectivity index (χ1) is 15.4. The number of nitrogens with two attached hydrogens (primary N) is 1. The maximum atomic E-state index is 12.6. The van der Waals surface area contributed by atoms with Gasteiger partial charge in [-0.15, -0.1) is 0 Å². The molecule has 1 aromatic heterocycles. The topological polar surface area (TPSA) is 111 Å². The molecule has 0 unspecified atom stereocenters. The number of aromatic hydroxyl groups is 1. The lowest BCUT2D eigenvalue weighted by molar-refractivity contribution is -0.132. The molecule has 1 fully saturated rings. The third-order valence-corrected chi connectivity index (χ3v) is 5.63. The van der Waals surface area contributed by atoms with Crippen molar-refractivity contribution in [3.8, 4) is 22.8 Å². The summed E-state index contributed by atoms with van der Waals surface area (Å²) in [5, 5.41) is 13.7. The largest absolute Gasteiger partial charge is 0.508 e. The number of carbonyl (C=O) groups excluding carboxylic acids is 2. The van der Waals surface area contributed by atoms with E-state index in [-0.39, 0.29) is 17.8 Å². The van der Waals surface area contributed by atoms with Crippen molar-refractivity contribution >= 4 is 11.8 Å². The van der Waals surface area contributed by atoms with Gasteiger partial charge in [0.05, 0.1) is 17.7 Å². The van der Waals surface area contributed by atoms with Gasteiger partial charge >= 0.3 is 0 Å². The van der Waals surface area contributed by atoms with Crippen molar-refractivity contribution in [2.45, 2.75) is 25.4 Å². The number of nitrogens with zero attached hydrogens (tertiary/aromatic N) is 3. The molecule has 32 heavy (non-hydrogen) atoms. The van der Waals surface area contributed by atoms with Crippen molar-refractivity contribution < 1.29 is 19.4 Å². The smallest absolute Gasteiger partial charge is 0.252 e. The summed E-state index contributed by atoms with van der Waals surface area (Å²) >= 11 is 0. The minimum atomic E-state index is -0.556. The molecule has 0 spiro atoms. The van der Waals surface area contributed by atoms with Crippen LogP contribution < -0.4 is 10.5 Å². The highest BCUT2D eigenvalue weighted by atomic mass is 16.5. The van der Waals surface area contributed by atoms with E-state index in [2.05, 4.69) is 5.10 Å². The molecule has 8 heteroatoms. The zero-order valence-corrected chi connectivity index (χ0v) is 17.9. The van der Waals surface area contributed by atoms with Gasteiger partial charge in [0.15, 0.2) is 0 Å². The first-order valence-corrected chi connectivity index (χ1v) is 10.6. The van der Waals surface area contributed by atoms with Crippen LogP contribution in [0.4, 0.5) is 0 Å². The van der Waals surface area contributed by atoms with E-state index in [4.69, 9.17) is 10.5 Å². The number of rotatable bonds is 6. The zero-order valence-electron chi connectivity index (χ0n) is 17.9. The second-order valence-electron chi connectivity index (χ2n) is 7.99. The van der Waals surface area contributed by atoms with Crippen molar-refractivity contribution in [1.82, 2.24) is 14.7 Å². The number of phenols is 1. The lowest BCUT2D eigenvalue weighted by Gasteiger charge is -2.32. The fourth-order valence-electron chi connectivity index (χ4n) is 3.86. The molecule has 1 aliphatic heterocycles. The summed E-state index contributed by atoms with van der Waals surface area (Å²) in [5.74, 6) is 0.125. The normalized spacial score (nSPS) is 14.3. The molecular formula is C24H26N4O4. The number of aromatic nitrogens is 2. The summed E-state index contributed by atoms with van der Waals surface area (Å²) in [4.78, 5) is 26.5. The minimum Gasteiger partial charge on any atom is -0.508 e. The Balaban J connectivity index is 1.37. The molecule has 0 radical (unpaired) electrons. The Kier molecular flexibility index (Phi) is 6.11. The molecule has 4 rings (SSSR count). The highest BCUT2D eigenvalue weighted by Crippen LogP contribution is 2.28. The zero-order chi connectivity index (χ0) is 22.7. The van der Waals surface area contributed by atoms with Crippen LogP contribution in [0.25, 0.3) is 11.3 Å². The van der Waals surface area contributed by atoms with Gasteiger partial charge in [-0.1, -0.05) is 12.1 Å². The molecular weight excluding hydrogens is 408 g/mol. The Morgan fingerprint density at radius 2 is 1.84 bits per heavy atom. The van der Waals surface area contributed by atoms with Crippen LogP contribution >= 0.6 is 0 Å². The van der Waals surface area contributed by atoms with Gasteiger partial charge in [0.2, 0.25) is 5.91 Å². The second kappa shape index (κ2) is 9.13. The molecule has 2 amide bonds. The molecule has 0 saturated carbocycles. The maximum Gasteiger partial charge on any atom is 0.252 e. The van der Waals surface area contributed by atoms with Crippen LogP contribution in [0.1, 0.15) is 28.8 Å². The monoisotopic (exact) mass is 434 g/mol. The molecule has 3 N–H and O–H groups in total. The number of primary amides is 1. The van der Waals surface area contributed by atoms with Crippen LogP contribution in [0.5, 0.6) is 11.5 Å². The molecule has 166 valence electrons.